The van der Waals surface area contributed by atoms with Crippen molar-refractivity contribution in [3.05, 3.63) is 227 Å². The molecule has 0 spiro atoms. The Labute approximate surface area is 345 Å². The van der Waals surface area contributed by atoms with Crippen molar-refractivity contribution >= 4 is 60.3 Å². The van der Waals surface area contributed by atoms with Crippen molar-refractivity contribution in [2.75, 3.05) is 0 Å². The van der Waals surface area contributed by atoms with Crippen LogP contribution < -0.4 is 0 Å². The highest BCUT2D eigenvalue weighted by Gasteiger charge is 2.40. The zero-order valence-corrected chi connectivity index (χ0v) is 33.2. The Kier molecular flexibility index (Phi) is 8.44. The van der Waals surface area contributed by atoms with E-state index in [0.29, 0.717) is 5.92 Å². The van der Waals surface area contributed by atoms with Crippen LogP contribution in [0.15, 0.2) is 221 Å². The van der Waals surface area contributed by atoms with Gasteiger partial charge in [0.15, 0.2) is 0 Å². The lowest BCUT2D eigenvalue weighted by Gasteiger charge is -2.42. The van der Waals surface area contributed by atoms with E-state index in [9.17, 15) is 0 Å². The molecule has 1 aliphatic heterocycles. The van der Waals surface area contributed by atoms with Crippen LogP contribution >= 0.6 is 0 Å². The zero-order chi connectivity index (χ0) is 39.6. The summed E-state index contributed by atoms with van der Waals surface area (Å²) in [5.41, 5.74) is 16.9. The van der Waals surface area contributed by atoms with E-state index in [4.69, 9.17) is 15.0 Å². The van der Waals surface area contributed by atoms with Crippen LogP contribution in [0.25, 0.3) is 48.9 Å². The van der Waals surface area contributed by atoms with Crippen LogP contribution in [0.5, 0.6) is 0 Å². The maximum Gasteiger partial charge on any atom is 0.0970 e. The fourth-order valence-corrected chi connectivity index (χ4v) is 10.3. The van der Waals surface area contributed by atoms with Gasteiger partial charge >= 0.3 is 0 Å². The van der Waals surface area contributed by atoms with E-state index in [1.807, 2.05) is 36.7 Å². The first-order valence-electron chi connectivity index (χ1n) is 20.8. The maximum absolute atomic E-state index is 5.48. The van der Waals surface area contributed by atoms with Gasteiger partial charge in [0, 0.05) is 46.1 Å². The number of allylic oxidation sites excluding steroid dienone is 20. The second-order valence-electron chi connectivity index (χ2n) is 16.3. The molecule has 0 saturated heterocycles. The first-order valence-corrected chi connectivity index (χ1v) is 20.8. The summed E-state index contributed by atoms with van der Waals surface area (Å²) < 4.78 is 0. The number of fused-ring (bicyclic) bond motifs is 9. The molecule has 0 amide bonds. The first-order chi connectivity index (χ1) is 29.1. The van der Waals surface area contributed by atoms with Crippen LogP contribution in [0.1, 0.15) is 43.2 Å². The van der Waals surface area contributed by atoms with Gasteiger partial charge in [0.2, 0.25) is 0 Å². The molecule has 3 unspecified atom stereocenters. The van der Waals surface area contributed by atoms with Crippen LogP contribution in [0.4, 0.5) is 5.69 Å². The summed E-state index contributed by atoms with van der Waals surface area (Å²) in [4.78, 5) is 15.0. The van der Waals surface area contributed by atoms with Gasteiger partial charge in [-0.05, 0) is 122 Å². The molecule has 3 heteroatoms. The van der Waals surface area contributed by atoms with Gasteiger partial charge in [-0.2, -0.15) is 0 Å². The number of aromatic nitrogens is 2. The minimum absolute atomic E-state index is 0.256. The number of aliphatic imine (C=N–C) groups is 1. The number of pyridine rings is 2. The largest absolute Gasteiger partial charge is 0.254 e. The van der Waals surface area contributed by atoms with Gasteiger partial charge in [-0.3, -0.25) is 15.0 Å². The molecule has 0 N–H and O–H groups in total. The molecule has 0 fully saturated rings. The summed E-state index contributed by atoms with van der Waals surface area (Å²) in [7, 11) is 0. The number of hydrogen-bond acceptors (Lipinski definition) is 3. The molecule has 282 valence electrons. The van der Waals surface area contributed by atoms with E-state index in [0.717, 1.165) is 58.0 Å². The standard InChI is InChI=1S/C56H43N3/c1-4-6-13-37-33-50(59-55-47-18-10-8-16-43(47)42-15-7-9-17-45(42)53(37)55)35(5-2)21-20-34(3)41-30-38-23-22-36-24-26-44(46-27-25-39(31-41)51(38)52(36)46)49-32-40-14-11-28-57-54(40)56-48(49)19-12-29-58-56/h4-5,7-12,14-32,37,51-52H,1-2,6,13,33H2,3H3/b34-20+,35-21+. The van der Waals surface area contributed by atoms with Crippen molar-refractivity contribution in [1.29, 1.82) is 0 Å². The van der Waals surface area contributed by atoms with Crippen molar-refractivity contribution in [3.8, 4) is 0 Å². The molecule has 0 saturated carbocycles. The Morgan fingerprint density at radius 2 is 1.44 bits per heavy atom. The maximum atomic E-state index is 5.48. The predicted molar refractivity (Wildman–Crippen MR) is 249 cm³/mol. The summed E-state index contributed by atoms with van der Waals surface area (Å²) in [6.07, 6.45) is 33.9. The lowest BCUT2D eigenvalue weighted by Crippen LogP contribution is -2.30. The van der Waals surface area contributed by atoms with Gasteiger partial charge in [0.1, 0.15) is 0 Å². The molecule has 59 heavy (non-hydrogen) atoms. The molecule has 2 aromatic heterocycles. The second-order valence-corrected chi connectivity index (χ2v) is 16.3. The molecule has 4 aliphatic carbocycles. The number of nitrogens with zero attached hydrogens (tertiary/aromatic N) is 3. The summed E-state index contributed by atoms with van der Waals surface area (Å²) >= 11 is 0. The van der Waals surface area contributed by atoms with Crippen molar-refractivity contribution < 1.29 is 0 Å². The highest BCUT2D eigenvalue weighted by atomic mass is 14.8. The number of benzene rings is 4. The lowest BCUT2D eigenvalue weighted by molar-refractivity contribution is 0.566. The quantitative estimate of drug-likeness (QED) is 0.0881. The summed E-state index contributed by atoms with van der Waals surface area (Å²) in [5, 5.41) is 7.31. The molecule has 0 radical (unpaired) electrons. The minimum atomic E-state index is 0.256. The Balaban J connectivity index is 0.967. The zero-order valence-electron chi connectivity index (χ0n) is 33.2. The molecule has 3 atom stereocenters. The Morgan fingerprint density at radius 3 is 2.27 bits per heavy atom. The Bertz CT molecular complexity index is 3180. The molecule has 3 heterocycles. The summed E-state index contributed by atoms with van der Waals surface area (Å²) in [6, 6.07) is 28.2. The van der Waals surface area contributed by atoms with Gasteiger partial charge in [0.25, 0.3) is 0 Å². The van der Waals surface area contributed by atoms with Gasteiger partial charge in [-0.25, -0.2) is 0 Å². The van der Waals surface area contributed by atoms with E-state index < -0.39 is 0 Å². The number of hydrogen-bond donors (Lipinski definition) is 0. The third-order valence-corrected chi connectivity index (χ3v) is 13.1. The van der Waals surface area contributed by atoms with E-state index in [1.165, 1.54) is 71.7 Å². The van der Waals surface area contributed by atoms with E-state index in [2.05, 4.69) is 148 Å². The topological polar surface area (TPSA) is 38.1 Å². The van der Waals surface area contributed by atoms with Crippen LogP contribution in [-0.2, 0) is 0 Å². The molecule has 5 aliphatic rings. The average Bonchev–Trinajstić information content (AvgIpc) is 3.29. The summed E-state index contributed by atoms with van der Waals surface area (Å²) in [6.45, 7) is 10.6. The Hall–Kier alpha value is -6.97. The van der Waals surface area contributed by atoms with Crippen LogP contribution in [0, 0.1) is 11.8 Å². The monoisotopic (exact) mass is 757 g/mol. The molecule has 6 aromatic rings. The van der Waals surface area contributed by atoms with E-state index in [1.54, 1.807) is 0 Å². The third-order valence-electron chi connectivity index (χ3n) is 13.1. The van der Waals surface area contributed by atoms with Crippen molar-refractivity contribution in [2.24, 2.45) is 16.8 Å². The first kappa shape index (κ1) is 35.2. The van der Waals surface area contributed by atoms with Gasteiger partial charge in [0.05, 0.1) is 16.7 Å². The summed E-state index contributed by atoms with van der Waals surface area (Å²) in [5.74, 6) is 0.858. The molecular formula is C56H43N3. The van der Waals surface area contributed by atoms with Crippen LogP contribution in [0.2, 0.25) is 0 Å². The predicted octanol–water partition coefficient (Wildman–Crippen LogP) is 14.2. The average molecular weight is 758 g/mol. The van der Waals surface area contributed by atoms with Crippen molar-refractivity contribution in [1.82, 2.24) is 9.97 Å². The fourth-order valence-electron chi connectivity index (χ4n) is 10.3. The molecule has 11 rings (SSSR count). The normalized spacial score (nSPS) is 20.8. The smallest absolute Gasteiger partial charge is 0.0970 e. The lowest BCUT2D eigenvalue weighted by atomic mass is 9.61. The van der Waals surface area contributed by atoms with E-state index in [-0.39, 0.29) is 11.8 Å². The highest BCUT2D eigenvalue weighted by molar-refractivity contribution is 6.18. The number of rotatable bonds is 8. The second kappa shape index (κ2) is 14.1. The van der Waals surface area contributed by atoms with Gasteiger partial charge < -0.3 is 0 Å². The van der Waals surface area contributed by atoms with Crippen molar-refractivity contribution in [3.63, 3.8) is 0 Å². The highest BCUT2D eigenvalue weighted by Crippen LogP contribution is 2.54. The Morgan fingerprint density at radius 1 is 0.712 bits per heavy atom. The van der Waals surface area contributed by atoms with Gasteiger partial charge in [-0.1, -0.05) is 140 Å². The third kappa shape index (κ3) is 5.67. The minimum Gasteiger partial charge on any atom is -0.254 e. The molecule has 3 nitrogen and oxygen atoms in total. The molecule has 4 aromatic carbocycles. The van der Waals surface area contributed by atoms with Crippen LogP contribution in [-0.4, -0.2) is 15.7 Å². The SMILES string of the molecule is C=CCCC1CC(/C(C=C)=C/C=C(\C)C2=CC3=CC=C4C(c5cc6cccnc6c6ncccc56)=CC=C5C=CC(=C2)C3C54)=Nc2c1c1ccccc1c1ccccc21. The van der Waals surface area contributed by atoms with E-state index >= 15 is 0 Å². The van der Waals surface area contributed by atoms with Crippen molar-refractivity contribution in [2.45, 2.75) is 32.1 Å². The van der Waals surface area contributed by atoms with Gasteiger partial charge in [-0.15, -0.1) is 6.58 Å². The molecular weight excluding hydrogens is 715 g/mol. The fraction of sp³-hybridized carbons (Fsp3) is 0.125. The van der Waals surface area contributed by atoms with Crippen LogP contribution in [0.3, 0.4) is 0 Å². The molecule has 0 bridgehead atoms.